The van der Waals surface area contributed by atoms with Gasteiger partial charge in [-0.3, -0.25) is 0 Å². The lowest BCUT2D eigenvalue weighted by atomic mass is 10.1. The average Bonchev–Trinajstić information content (AvgIpc) is 2.77. The molecule has 0 nitrogen and oxygen atoms in total. The maximum atomic E-state index is 2.33. The van der Waals surface area contributed by atoms with Crippen LogP contribution in [-0.2, 0) is 0 Å². The van der Waals surface area contributed by atoms with Crippen LogP contribution in [0.15, 0.2) is 0 Å². The highest BCUT2D eigenvalue weighted by Crippen LogP contribution is 2.44. The van der Waals surface area contributed by atoms with E-state index in [9.17, 15) is 0 Å². The Hall–Kier alpha value is 0. The van der Waals surface area contributed by atoms with Gasteiger partial charge in [-0.2, -0.15) is 0 Å². The molecule has 1 aliphatic rings. The summed E-state index contributed by atoms with van der Waals surface area (Å²) in [6.45, 7) is 4.61. The van der Waals surface area contributed by atoms with Crippen LogP contribution >= 0.6 is 0 Å². The topological polar surface area (TPSA) is 0 Å². The van der Waals surface area contributed by atoms with E-state index < -0.39 is 0 Å². The van der Waals surface area contributed by atoms with Crippen LogP contribution in [0, 0.1) is 11.8 Å². The maximum absolute atomic E-state index is 2.33. The molecule has 0 heterocycles. The van der Waals surface area contributed by atoms with Gasteiger partial charge in [-0.1, -0.05) is 52.4 Å². The average molecular weight is 154 g/mol. The molecule has 0 heteroatoms. The van der Waals surface area contributed by atoms with Crippen molar-refractivity contribution in [1.82, 2.24) is 0 Å². The molecule has 0 saturated heterocycles. The van der Waals surface area contributed by atoms with Crippen LogP contribution in [0.2, 0.25) is 0 Å². The molecule has 0 aromatic rings. The minimum atomic E-state index is 1.12. The third kappa shape index (κ3) is 3.27. The Balaban J connectivity index is 1.82. The molecule has 11 heavy (non-hydrogen) atoms. The molecule has 0 unspecified atom stereocenters. The van der Waals surface area contributed by atoms with Crippen molar-refractivity contribution in [2.75, 3.05) is 0 Å². The molecular weight excluding hydrogens is 132 g/mol. The summed E-state index contributed by atoms with van der Waals surface area (Å²) in [4.78, 5) is 0. The van der Waals surface area contributed by atoms with E-state index in [1.54, 1.807) is 6.42 Å². The second-order valence-electron chi connectivity index (χ2n) is 4.01. The van der Waals surface area contributed by atoms with Gasteiger partial charge in [0.25, 0.3) is 0 Å². The third-order valence-electron chi connectivity index (χ3n) is 3.02. The molecule has 1 fully saturated rings. The first-order valence-electron chi connectivity index (χ1n) is 5.38. The molecule has 0 spiro atoms. The van der Waals surface area contributed by atoms with Gasteiger partial charge in [-0.15, -0.1) is 0 Å². The summed E-state index contributed by atoms with van der Waals surface area (Å²) in [6, 6.07) is 0. The van der Waals surface area contributed by atoms with Gasteiger partial charge in [0.05, 0.1) is 0 Å². The molecule has 0 radical (unpaired) electrons. The summed E-state index contributed by atoms with van der Waals surface area (Å²) >= 11 is 0. The molecule has 1 aliphatic carbocycles. The molecule has 1 rings (SSSR count). The SMILES string of the molecule is CCCCCC[C@@H]1C[C@@H]1CC. The highest BCUT2D eigenvalue weighted by Gasteiger charge is 2.33. The van der Waals surface area contributed by atoms with E-state index in [1.807, 2.05) is 0 Å². The van der Waals surface area contributed by atoms with Crippen LogP contribution in [0.4, 0.5) is 0 Å². The first-order chi connectivity index (χ1) is 5.38. The van der Waals surface area contributed by atoms with Gasteiger partial charge in [0.2, 0.25) is 0 Å². The zero-order valence-corrected chi connectivity index (χ0v) is 8.10. The molecular formula is C11H22. The molecule has 2 atom stereocenters. The van der Waals surface area contributed by atoms with Crippen molar-refractivity contribution >= 4 is 0 Å². The largest absolute Gasteiger partial charge is 0.0654 e. The minimum absolute atomic E-state index is 1.12. The highest BCUT2D eigenvalue weighted by molar-refractivity contribution is 4.84. The monoisotopic (exact) mass is 154 g/mol. The molecule has 1 saturated carbocycles. The number of hydrogen-bond donors (Lipinski definition) is 0. The summed E-state index contributed by atoms with van der Waals surface area (Å²) in [6.07, 6.45) is 10.3. The Kier molecular flexibility index (Phi) is 3.96. The molecule has 0 amide bonds. The summed E-state index contributed by atoms with van der Waals surface area (Å²) in [5.74, 6) is 2.26. The number of unbranched alkanes of at least 4 members (excludes halogenated alkanes) is 3. The predicted octanol–water partition coefficient (Wildman–Crippen LogP) is 4.00. The lowest BCUT2D eigenvalue weighted by Gasteiger charge is -1.97. The van der Waals surface area contributed by atoms with Crippen LogP contribution in [0.3, 0.4) is 0 Å². The summed E-state index contributed by atoms with van der Waals surface area (Å²) in [7, 11) is 0. The summed E-state index contributed by atoms with van der Waals surface area (Å²) in [5.41, 5.74) is 0. The fraction of sp³-hybridized carbons (Fsp3) is 1.00. The normalized spacial score (nSPS) is 28.9. The fourth-order valence-corrected chi connectivity index (χ4v) is 2.00. The van der Waals surface area contributed by atoms with Crippen molar-refractivity contribution in [3.8, 4) is 0 Å². The minimum Gasteiger partial charge on any atom is -0.0654 e. The molecule has 0 aromatic carbocycles. The standard InChI is InChI=1S/C11H22/c1-3-5-6-7-8-11-9-10(11)4-2/h10-11H,3-9H2,1-2H3/t10-,11+/m0/s1. The zero-order chi connectivity index (χ0) is 8.10. The third-order valence-corrected chi connectivity index (χ3v) is 3.02. The molecule has 66 valence electrons. The molecule has 0 aromatic heterocycles. The van der Waals surface area contributed by atoms with E-state index in [-0.39, 0.29) is 0 Å². The van der Waals surface area contributed by atoms with Crippen LogP contribution in [0.25, 0.3) is 0 Å². The van der Waals surface area contributed by atoms with Gasteiger partial charge in [0.1, 0.15) is 0 Å². The Bertz CT molecular complexity index is 96.2. The molecule has 0 N–H and O–H groups in total. The Labute approximate surface area is 71.4 Å². The van der Waals surface area contributed by atoms with Gasteiger partial charge in [-0.05, 0) is 18.3 Å². The van der Waals surface area contributed by atoms with Crippen LogP contribution < -0.4 is 0 Å². The van der Waals surface area contributed by atoms with Crippen molar-refractivity contribution in [2.24, 2.45) is 11.8 Å². The van der Waals surface area contributed by atoms with Crippen molar-refractivity contribution in [2.45, 2.75) is 58.8 Å². The molecule has 0 bridgehead atoms. The smallest absolute Gasteiger partial charge is 0.0383 e. The molecule has 0 aliphatic heterocycles. The quantitative estimate of drug-likeness (QED) is 0.507. The number of rotatable bonds is 6. The van der Waals surface area contributed by atoms with Gasteiger partial charge >= 0.3 is 0 Å². The summed E-state index contributed by atoms with van der Waals surface area (Å²) in [5, 5.41) is 0. The van der Waals surface area contributed by atoms with Crippen molar-refractivity contribution in [1.29, 1.82) is 0 Å². The Morgan fingerprint density at radius 1 is 1.00 bits per heavy atom. The first kappa shape index (κ1) is 9.09. The fourth-order valence-electron chi connectivity index (χ4n) is 2.00. The first-order valence-corrected chi connectivity index (χ1v) is 5.38. The van der Waals surface area contributed by atoms with Gasteiger partial charge in [0, 0.05) is 0 Å². The maximum Gasteiger partial charge on any atom is -0.0383 e. The summed E-state index contributed by atoms with van der Waals surface area (Å²) < 4.78 is 0. The van der Waals surface area contributed by atoms with E-state index in [0.717, 1.165) is 11.8 Å². The Morgan fingerprint density at radius 2 is 1.82 bits per heavy atom. The van der Waals surface area contributed by atoms with Crippen molar-refractivity contribution in [3.63, 3.8) is 0 Å². The van der Waals surface area contributed by atoms with E-state index >= 15 is 0 Å². The zero-order valence-electron chi connectivity index (χ0n) is 8.10. The second-order valence-corrected chi connectivity index (χ2v) is 4.01. The van der Waals surface area contributed by atoms with Gasteiger partial charge < -0.3 is 0 Å². The highest BCUT2D eigenvalue weighted by atomic mass is 14.4. The van der Waals surface area contributed by atoms with Crippen LogP contribution in [0.5, 0.6) is 0 Å². The van der Waals surface area contributed by atoms with E-state index in [1.165, 1.54) is 38.5 Å². The van der Waals surface area contributed by atoms with Crippen LogP contribution in [-0.4, -0.2) is 0 Å². The van der Waals surface area contributed by atoms with Crippen molar-refractivity contribution < 1.29 is 0 Å². The lowest BCUT2D eigenvalue weighted by molar-refractivity contribution is 0.562. The van der Waals surface area contributed by atoms with Crippen molar-refractivity contribution in [3.05, 3.63) is 0 Å². The van der Waals surface area contributed by atoms with E-state index in [4.69, 9.17) is 0 Å². The van der Waals surface area contributed by atoms with E-state index in [2.05, 4.69) is 13.8 Å². The lowest BCUT2D eigenvalue weighted by Crippen LogP contribution is -1.82. The van der Waals surface area contributed by atoms with Gasteiger partial charge in [0.15, 0.2) is 0 Å². The van der Waals surface area contributed by atoms with E-state index in [0.29, 0.717) is 0 Å². The predicted molar refractivity (Wildman–Crippen MR) is 50.6 cm³/mol. The second kappa shape index (κ2) is 4.79. The number of hydrogen-bond acceptors (Lipinski definition) is 0. The Morgan fingerprint density at radius 3 is 2.36 bits per heavy atom. The van der Waals surface area contributed by atoms with Gasteiger partial charge in [-0.25, -0.2) is 0 Å². The van der Waals surface area contributed by atoms with Crippen LogP contribution in [0.1, 0.15) is 58.8 Å².